The van der Waals surface area contributed by atoms with Crippen LogP contribution in [0.5, 0.6) is 0 Å². The first kappa shape index (κ1) is 15.2. The molecule has 1 aliphatic heterocycles. The van der Waals surface area contributed by atoms with E-state index >= 15 is 0 Å². The van der Waals surface area contributed by atoms with Gasteiger partial charge in [0.05, 0.1) is 6.61 Å². The van der Waals surface area contributed by atoms with E-state index in [1.165, 1.54) is 25.8 Å². The number of methoxy groups -OCH3 is 1. The van der Waals surface area contributed by atoms with E-state index in [9.17, 15) is 0 Å². The number of ether oxygens (including phenoxy) is 2. The third kappa shape index (κ3) is 6.61. The molecule has 0 aromatic carbocycles. The van der Waals surface area contributed by atoms with Crippen LogP contribution in [0, 0.1) is 0 Å². The number of rotatable bonds is 9. The molecule has 1 fully saturated rings. The van der Waals surface area contributed by atoms with E-state index in [4.69, 9.17) is 21.1 Å². The average Bonchev–Trinajstić information content (AvgIpc) is 2.36. The van der Waals surface area contributed by atoms with Crippen molar-refractivity contribution in [3.05, 3.63) is 0 Å². The summed E-state index contributed by atoms with van der Waals surface area (Å²) in [6.07, 6.45) is 6.08. The van der Waals surface area contributed by atoms with Crippen LogP contribution >= 0.6 is 11.6 Å². The summed E-state index contributed by atoms with van der Waals surface area (Å²) in [6.45, 7) is 4.69. The molecule has 0 N–H and O–H groups in total. The second kappa shape index (κ2) is 10.1. The van der Waals surface area contributed by atoms with Gasteiger partial charge in [-0.25, -0.2) is 0 Å². The van der Waals surface area contributed by atoms with E-state index in [-0.39, 0.29) is 0 Å². The maximum atomic E-state index is 5.85. The summed E-state index contributed by atoms with van der Waals surface area (Å²) in [5.41, 5.74) is 0. The minimum Gasteiger partial charge on any atom is -0.385 e. The molecule has 0 aromatic rings. The van der Waals surface area contributed by atoms with Crippen LogP contribution in [0.1, 0.15) is 32.1 Å². The SMILES string of the molecule is COCCCOCCN1CCCCC1CCCl. The highest BCUT2D eigenvalue weighted by Crippen LogP contribution is 2.19. The van der Waals surface area contributed by atoms with Crippen molar-refractivity contribution in [3.63, 3.8) is 0 Å². The minimum atomic E-state index is 0.684. The summed E-state index contributed by atoms with van der Waals surface area (Å²) in [5, 5.41) is 0. The molecule has 0 spiro atoms. The first-order valence-corrected chi connectivity index (χ1v) is 7.28. The quantitative estimate of drug-likeness (QED) is 0.471. The van der Waals surface area contributed by atoms with Gasteiger partial charge < -0.3 is 9.47 Å². The summed E-state index contributed by atoms with van der Waals surface area (Å²) in [6, 6.07) is 0.684. The number of nitrogens with zero attached hydrogens (tertiary/aromatic N) is 1. The molecule has 3 nitrogen and oxygen atoms in total. The molecule has 0 aromatic heterocycles. The van der Waals surface area contributed by atoms with Crippen molar-refractivity contribution in [1.82, 2.24) is 4.90 Å². The number of likely N-dealkylation sites (tertiary alicyclic amines) is 1. The lowest BCUT2D eigenvalue weighted by Gasteiger charge is -2.35. The maximum absolute atomic E-state index is 5.85. The fourth-order valence-electron chi connectivity index (χ4n) is 2.40. The van der Waals surface area contributed by atoms with Crippen LogP contribution < -0.4 is 0 Å². The Morgan fingerprint density at radius 1 is 1.24 bits per heavy atom. The van der Waals surface area contributed by atoms with Gasteiger partial charge in [-0.2, -0.15) is 0 Å². The van der Waals surface area contributed by atoms with Gasteiger partial charge in [0, 0.05) is 38.8 Å². The summed E-state index contributed by atoms with van der Waals surface area (Å²) in [5.74, 6) is 0.774. The molecule has 0 aliphatic carbocycles. The number of piperidine rings is 1. The molecule has 102 valence electrons. The lowest BCUT2D eigenvalue weighted by Crippen LogP contribution is -2.41. The van der Waals surface area contributed by atoms with Gasteiger partial charge in [0.2, 0.25) is 0 Å². The Bertz CT molecular complexity index is 179. The second-order valence-corrected chi connectivity index (χ2v) is 5.00. The van der Waals surface area contributed by atoms with Gasteiger partial charge in [-0.15, -0.1) is 11.6 Å². The number of halogens is 1. The zero-order valence-corrected chi connectivity index (χ0v) is 11.8. The molecule has 0 saturated carbocycles. The van der Waals surface area contributed by atoms with Crippen LogP contribution in [0.25, 0.3) is 0 Å². The summed E-state index contributed by atoms with van der Waals surface area (Å²) < 4.78 is 10.6. The Morgan fingerprint density at radius 3 is 2.88 bits per heavy atom. The van der Waals surface area contributed by atoms with Gasteiger partial charge in [-0.1, -0.05) is 6.42 Å². The number of hydrogen-bond acceptors (Lipinski definition) is 3. The highest BCUT2D eigenvalue weighted by atomic mass is 35.5. The zero-order valence-electron chi connectivity index (χ0n) is 11.0. The van der Waals surface area contributed by atoms with Crippen LogP contribution in [-0.4, -0.2) is 56.8 Å². The molecule has 1 rings (SSSR count). The molecule has 1 unspecified atom stereocenters. The molecule has 0 bridgehead atoms. The molecule has 0 amide bonds. The van der Waals surface area contributed by atoms with Crippen LogP contribution in [0.15, 0.2) is 0 Å². The standard InChI is InChI=1S/C13H26ClNO2/c1-16-10-4-11-17-12-9-15-8-3-2-5-13(15)6-7-14/h13H,2-12H2,1H3. The average molecular weight is 264 g/mol. The van der Waals surface area contributed by atoms with E-state index in [1.54, 1.807) is 7.11 Å². The molecule has 4 heteroatoms. The van der Waals surface area contributed by atoms with Crippen molar-refractivity contribution in [1.29, 1.82) is 0 Å². The van der Waals surface area contributed by atoms with E-state index in [0.717, 1.165) is 45.1 Å². The van der Waals surface area contributed by atoms with Gasteiger partial charge in [0.1, 0.15) is 0 Å². The molecule has 1 saturated heterocycles. The third-order valence-corrected chi connectivity index (χ3v) is 3.57. The fourth-order valence-corrected chi connectivity index (χ4v) is 2.65. The van der Waals surface area contributed by atoms with Crippen molar-refractivity contribution in [2.75, 3.05) is 45.9 Å². The molecule has 1 atom stereocenters. The van der Waals surface area contributed by atoms with Crippen molar-refractivity contribution < 1.29 is 9.47 Å². The third-order valence-electron chi connectivity index (χ3n) is 3.35. The number of hydrogen-bond donors (Lipinski definition) is 0. The van der Waals surface area contributed by atoms with Gasteiger partial charge >= 0.3 is 0 Å². The molecule has 0 radical (unpaired) electrons. The molecular formula is C13H26ClNO2. The first-order chi connectivity index (χ1) is 8.38. The monoisotopic (exact) mass is 263 g/mol. The largest absolute Gasteiger partial charge is 0.385 e. The lowest BCUT2D eigenvalue weighted by molar-refractivity contribution is 0.0604. The molecule has 1 aliphatic rings. The first-order valence-electron chi connectivity index (χ1n) is 6.75. The van der Waals surface area contributed by atoms with Crippen molar-refractivity contribution in [2.45, 2.75) is 38.1 Å². The maximum Gasteiger partial charge on any atom is 0.0593 e. The van der Waals surface area contributed by atoms with Gasteiger partial charge in [0.25, 0.3) is 0 Å². The Morgan fingerprint density at radius 2 is 2.12 bits per heavy atom. The van der Waals surface area contributed by atoms with Crippen LogP contribution in [0.3, 0.4) is 0 Å². The summed E-state index contributed by atoms with van der Waals surface area (Å²) in [7, 11) is 1.73. The summed E-state index contributed by atoms with van der Waals surface area (Å²) >= 11 is 5.85. The Balaban J connectivity index is 2.06. The Hall–Kier alpha value is 0.170. The Labute approximate surface area is 110 Å². The van der Waals surface area contributed by atoms with Crippen molar-refractivity contribution in [2.24, 2.45) is 0 Å². The zero-order chi connectivity index (χ0) is 12.3. The molecule has 1 heterocycles. The van der Waals surface area contributed by atoms with Crippen molar-refractivity contribution >= 4 is 11.6 Å². The highest BCUT2D eigenvalue weighted by molar-refractivity contribution is 6.17. The van der Waals surface area contributed by atoms with Crippen molar-refractivity contribution in [3.8, 4) is 0 Å². The summed E-state index contributed by atoms with van der Waals surface area (Å²) in [4.78, 5) is 2.54. The van der Waals surface area contributed by atoms with Crippen LogP contribution in [-0.2, 0) is 9.47 Å². The van der Waals surface area contributed by atoms with E-state index in [2.05, 4.69) is 4.90 Å². The van der Waals surface area contributed by atoms with E-state index in [1.807, 2.05) is 0 Å². The lowest BCUT2D eigenvalue weighted by atomic mass is 10.0. The minimum absolute atomic E-state index is 0.684. The van der Waals surface area contributed by atoms with Crippen LogP contribution in [0.2, 0.25) is 0 Å². The van der Waals surface area contributed by atoms with Gasteiger partial charge in [0.15, 0.2) is 0 Å². The topological polar surface area (TPSA) is 21.7 Å². The van der Waals surface area contributed by atoms with E-state index in [0.29, 0.717) is 6.04 Å². The van der Waals surface area contributed by atoms with Gasteiger partial charge in [-0.3, -0.25) is 4.90 Å². The highest BCUT2D eigenvalue weighted by Gasteiger charge is 2.20. The predicted molar refractivity (Wildman–Crippen MR) is 71.9 cm³/mol. The molecule has 17 heavy (non-hydrogen) atoms. The van der Waals surface area contributed by atoms with E-state index < -0.39 is 0 Å². The Kier molecular flexibility index (Phi) is 9.07. The smallest absolute Gasteiger partial charge is 0.0593 e. The second-order valence-electron chi connectivity index (χ2n) is 4.62. The van der Waals surface area contributed by atoms with Gasteiger partial charge in [-0.05, 0) is 32.2 Å². The van der Waals surface area contributed by atoms with Crippen LogP contribution in [0.4, 0.5) is 0 Å². The normalized spacial score (nSPS) is 21.9. The fraction of sp³-hybridized carbons (Fsp3) is 1.00. The predicted octanol–water partition coefficient (Wildman–Crippen LogP) is 2.52. The number of alkyl halides is 1. The molecular weight excluding hydrogens is 238 g/mol.